The van der Waals surface area contributed by atoms with E-state index in [2.05, 4.69) is 38.3 Å². The molecular formula is C24H23Cl2N5O2. The van der Waals surface area contributed by atoms with Crippen LogP contribution < -0.4 is 23.0 Å². The fourth-order valence-corrected chi connectivity index (χ4v) is 4.40. The van der Waals surface area contributed by atoms with Gasteiger partial charge in [0.25, 0.3) is 11.5 Å². The van der Waals surface area contributed by atoms with Gasteiger partial charge in [-0.2, -0.15) is 0 Å². The van der Waals surface area contributed by atoms with E-state index in [4.69, 9.17) is 11.6 Å². The van der Waals surface area contributed by atoms with Crippen molar-refractivity contribution in [1.82, 2.24) is 4.90 Å². The minimum absolute atomic E-state index is 0. The summed E-state index contributed by atoms with van der Waals surface area (Å²) in [5.41, 5.74) is 5.35. The molecule has 2 N–H and O–H groups in total. The second-order valence-electron chi connectivity index (χ2n) is 8.02. The fourth-order valence-electron chi connectivity index (χ4n) is 4.23. The molecule has 9 heteroatoms. The molecule has 3 aromatic rings. The van der Waals surface area contributed by atoms with Crippen molar-refractivity contribution in [2.45, 2.75) is 6.54 Å². The van der Waals surface area contributed by atoms with Crippen molar-refractivity contribution in [3.63, 3.8) is 0 Å². The smallest absolute Gasteiger partial charge is 0.284 e. The highest BCUT2D eigenvalue weighted by Crippen LogP contribution is 2.34. The Balaban J connectivity index is 0.00000259. The zero-order chi connectivity index (χ0) is 22.1. The van der Waals surface area contributed by atoms with Crippen molar-refractivity contribution in [3.05, 3.63) is 93.0 Å². The topological polar surface area (TPSA) is 73.5 Å². The van der Waals surface area contributed by atoms with Crippen LogP contribution in [0.4, 0.5) is 22.7 Å². The number of halogens is 2. The molecule has 2 heterocycles. The zero-order valence-electron chi connectivity index (χ0n) is 17.8. The summed E-state index contributed by atoms with van der Waals surface area (Å²) in [6.07, 6.45) is 0. The second-order valence-corrected chi connectivity index (χ2v) is 8.46. The number of fused-ring (bicyclic) bond motifs is 2. The normalized spacial score (nSPS) is 15.3. The summed E-state index contributed by atoms with van der Waals surface area (Å²) in [4.78, 5) is 12.9. The van der Waals surface area contributed by atoms with Gasteiger partial charge in [-0.05, 0) is 29.8 Å². The largest absolute Gasteiger partial charge is 1.00 e. The van der Waals surface area contributed by atoms with E-state index in [9.17, 15) is 10.1 Å². The van der Waals surface area contributed by atoms with Crippen LogP contribution in [0.5, 0.6) is 0 Å². The van der Waals surface area contributed by atoms with E-state index in [1.807, 2.05) is 36.4 Å². The molecule has 0 unspecified atom stereocenters. The van der Waals surface area contributed by atoms with E-state index in [0.717, 1.165) is 66.7 Å². The molecule has 0 aliphatic carbocycles. The summed E-state index contributed by atoms with van der Waals surface area (Å²) >= 11 is 6.26. The Kier molecular flexibility index (Phi) is 6.83. The molecule has 0 aromatic heterocycles. The van der Waals surface area contributed by atoms with Gasteiger partial charge in [0.15, 0.2) is 0 Å². The molecular weight excluding hydrogens is 461 g/mol. The SMILES string of the molecule is O=[N+]([O-])c1ccc(CN2CC[N+](=C3Nc4cc(Cl)ccc4Nc4ccccc43)CC2)cc1.[Cl-]. The van der Waals surface area contributed by atoms with Crippen LogP contribution in [0.25, 0.3) is 0 Å². The number of benzene rings is 3. The van der Waals surface area contributed by atoms with Crippen LogP contribution in [0.1, 0.15) is 11.1 Å². The number of nitro benzene ring substituents is 1. The molecule has 1 saturated heterocycles. The first kappa shape index (κ1) is 23.0. The molecule has 170 valence electrons. The number of rotatable bonds is 3. The average Bonchev–Trinajstić information content (AvgIpc) is 2.96. The van der Waals surface area contributed by atoms with E-state index in [0.29, 0.717) is 5.02 Å². The van der Waals surface area contributed by atoms with Gasteiger partial charge in [-0.25, -0.2) is 5.32 Å². The Hall–Kier alpha value is -3.13. The molecule has 1 fully saturated rings. The van der Waals surface area contributed by atoms with E-state index in [1.165, 1.54) is 0 Å². The van der Waals surface area contributed by atoms with E-state index < -0.39 is 0 Å². The maximum atomic E-state index is 10.9. The van der Waals surface area contributed by atoms with Crippen LogP contribution in [0, 0.1) is 10.1 Å². The van der Waals surface area contributed by atoms with Crippen molar-refractivity contribution in [2.75, 3.05) is 36.8 Å². The molecule has 33 heavy (non-hydrogen) atoms. The van der Waals surface area contributed by atoms with Gasteiger partial charge in [0.05, 0.1) is 35.0 Å². The molecule has 0 atom stereocenters. The van der Waals surface area contributed by atoms with E-state index in [-0.39, 0.29) is 23.0 Å². The predicted molar refractivity (Wildman–Crippen MR) is 127 cm³/mol. The lowest BCUT2D eigenvalue weighted by Crippen LogP contribution is -3.00. The number of hydrogen-bond acceptors (Lipinski definition) is 4. The van der Waals surface area contributed by atoms with Crippen LogP contribution in [0.3, 0.4) is 0 Å². The number of nitro groups is 1. The molecule has 0 bridgehead atoms. The number of nitrogens with one attached hydrogen (secondary N) is 2. The quantitative estimate of drug-likeness (QED) is 0.337. The lowest BCUT2D eigenvalue weighted by molar-refractivity contribution is -0.539. The highest BCUT2D eigenvalue weighted by atomic mass is 35.5. The first-order valence-corrected chi connectivity index (χ1v) is 11.0. The van der Waals surface area contributed by atoms with Crippen molar-refractivity contribution in [2.24, 2.45) is 0 Å². The number of hydrogen-bond donors (Lipinski definition) is 2. The molecule has 3 aromatic carbocycles. The minimum Gasteiger partial charge on any atom is -1.00 e. The van der Waals surface area contributed by atoms with E-state index >= 15 is 0 Å². The number of para-hydroxylation sites is 1. The third kappa shape index (κ3) is 4.95. The molecule has 0 saturated carbocycles. The molecule has 0 radical (unpaired) electrons. The average molecular weight is 484 g/mol. The third-order valence-electron chi connectivity index (χ3n) is 5.93. The summed E-state index contributed by atoms with van der Waals surface area (Å²) < 4.78 is 2.38. The van der Waals surface area contributed by atoms with Crippen LogP contribution in [-0.4, -0.2) is 46.4 Å². The number of anilines is 3. The predicted octanol–water partition coefficient (Wildman–Crippen LogP) is 1.70. The molecule has 0 amide bonds. The fraction of sp³-hybridized carbons (Fsp3) is 0.208. The Bertz CT molecular complexity index is 1200. The van der Waals surface area contributed by atoms with Gasteiger partial charge in [0, 0.05) is 42.9 Å². The van der Waals surface area contributed by atoms with Gasteiger partial charge in [-0.3, -0.25) is 19.6 Å². The Morgan fingerprint density at radius 1 is 0.939 bits per heavy atom. The molecule has 2 aliphatic heterocycles. The summed E-state index contributed by atoms with van der Waals surface area (Å²) in [6.45, 7) is 4.34. The monoisotopic (exact) mass is 483 g/mol. The van der Waals surface area contributed by atoms with Crippen LogP contribution >= 0.6 is 11.6 Å². The van der Waals surface area contributed by atoms with Gasteiger partial charge in [-0.1, -0.05) is 35.9 Å². The van der Waals surface area contributed by atoms with Crippen molar-refractivity contribution in [1.29, 1.82) is 0 Å². The second kappa shape index (κ2) is 9.79. The maximum Gasteiger partial charge on any atom is 0.284 e. The van der Waals surface area contributed by atoms with Gasteiger partial charge >= 0.3 is 0 Å². The maximum absolute atomic E-state index is 10.9. The number of amidine groups is 1. The molecule has 0 spiro atoms. The third-order valence-corrected chi connectivity index (χ3v) is 6.16. The van der Waals surface area contributed by atoms with Crippen LogP contribution in [0.15, 0.2) is 66.7 Å². The Morgan fingerprint density at radius 2 is 1.67 bits per heavy atom. The first-order chi connectivity index (χ1) is 15.6. The molecule has 7 nitrogen and oxygen atoms in total. The highest BCUT2D eigenvalue weighted by Gasteiger charge is 2.28. The lowest BCUT2D eigenvalue weighted by atomic mass is 10.1. The van der Waals surface area contributed by atoms with Crippen LogP contribution in [-0.2, 0) is 6.54 Å². The molecule has 2 aliphatic rings. The Labute approximate surface area is 203 Å². The standard InChI is InChI=1S/C24H22ClN5O2.ClH/c25-18-7-10-22-23(15-18)27-24(20-3-1-2-4-21(20)26-22)29-13-11-28(12-14-29)16-17-5-8-19(9-6-17)30(31)32;/h1-10,15H,11-14,16H2,(H,26,27);1H. The summed E-state index contributed by atoms with van der Waals surface area (Å²) in [7, 11) is 0. The Morgan fingerprint density at radius 3 is 2.39 bits per heavy atom. The van der Waals surface area contributed by atoms with E-state index in [1.54, 1.807) is 12.1 Å². The zero-order valence-corrected chi connectivity index (χ0v) is 19.3. The molecule has 5 rings (SSSR count). The number of nitrogens with zero attached hydrogens (tertiary/aromatic N) is 3. The summed E-state index contributed by atoms with van der Waals surface area (Å²) in [5, 5.41) is 18.7. The first-order valence-electron chi connectivity index (χ1n) is 10.6. The summed E-state index contributed by atoms with van der Waals surface area (Å²) in [6, 6.07) is 21.0. The van der Waals surface area contributed by atoms with Crippen molar-refractivity contribution >= 4 is 40.2 Å². The minimum atomic E-state index is -0.364. The number of piperazine rings is 1. The van der Waals surface area contributed by atoms with Crippen molar-refractivity contribution in [3.8, 4) is 0 Å². The van der Waals surface area contributed by atoms with Gasteiger partial charge in [-0.15, -0.1) is 0 Å². The highest BCUT2D eigenvalue weighted by molar-refractivity contribution is 6.31. The van der Waals surface area contributed by atoms with Crippen molar-refractivity contribution < 1.29 is 21.9 Å². The number of non-ortho nitro benzene ring substituents is 1. The lowest BCUT2D eigenvalue weighted by Gasteiger charge is -2.28. The van der Waals surface area contributed by atoms with Gasteiger partial charge < -0.3 is 17.7 Å². The summed E-state index contributed by atoms with van der Waals surface area (Å²) in [5.74, 6) is 1.07. The van der Waals surface area contributed by atoms with Crippen LogP contribution in [0.2, 0.25) is 5.02 Å². The van der Waals surface area contributed by atoms with Gasteiger partial charge in [0.2, 0.25) is 0 Å². The van der Waals surface area contributed by atoms with Gasteiger partial charge in [0.1, 0.15) is 5.69 Å².